The lowest BCUT2D eigenvalue weighted by atomic mass is 9.86. The van der Waals surface area contributed by atoms with Crippen LogP contribution in [0.15, 0.2) is 194 Å². The van der Waals surface area contributed by atoms with E-state index in [1.54, 1.807) is 0 Å². The number of fused-ring (bicyclic) bond motifs is 16. The predicted octanol–water partition coefficient (Wildman–Crippen LogP) is 21.1. The van der Waals surface area contributed by atoms with E-state index in [0.717, 1.165) is 6.42 Å². The summed E-state index contributed by atoms with van der Waals surface area (Å²) in [5.41, 5.74) is 21.2. The van der Waals surface area contributed by atoms with Crippen molar-refractivity contribution in [3.63, 3.8) is 0 Å². The first-order chi connectivity index (χ1) is 37.5. The van der Waals surface area contributed by atoms with Crippen LogP contribution in [0.25, 0.3) is 142 Å². The van der Waals surface area contributed by atoms with Crippen molar-refractivity contribution in [3.8, 4) is 22.3 Å². The molecule has 0 bridgehead atoms. The summed E-state index contributed by atoms with van der Waals surface area (Å²) >= 11 is 0. The molecule has 0 fully saturated rings. The van der Waals surface area contributed by atoms with E-state index in [9.17, 15) is 0 Å². The first-order valence-electron chi connectivity index (χ1n) is 27.9. The maximum absolute atomic E-state index is 2.57. The van der Waals surface area contributed by atoms with Crippen molar-refractivity contribution in [2.75, 3.05) is 0 Å². The quantitative estimate of drug-likeness (QED) is 0.150. The molecule has 0 amide bonds. The van der Waals surface area contributed by atoms with E-state index in [-0.39, 0.29) is 0 Å². The third-order valence-corrected chi connectivity index (χ3v) is 18.0. The largest absolute Gasteiger partial charge is 0.308 e. The maximum atomic E-state index is 2.57. The Morgan fingerprint density at radius 1 is 0.312 bits per heavy atom. The fourth-order valence-electron chi connectivity index (χ4n) is 14.4. The third kappa shape index (κ3) is 6.55. The fraction of sp³-hybridized carbons (Fsp3) is 0.147. The minimum absolute atomic E-state index is 0.296. The molecule has 12 aromatic carbocycles. The molecule has 1 unspecified atom stereocenters. The summed E-state index contributed by atoms with van der Waals surface area (Å²) in [6.07, 6.45) is 0.944. The molecule has 0 aliphatic carbocycles. The summed E-state index contributed by atoms with van der Waals surface area (Å²) in [7, 11) is 0. The Kier molecular flexibility index (Phi) is 9.35. The number of aromatic nitrogens is 2. The van der Waals surface area contributed by atoms with Gasteiger partial charge >= 0.3 is 0 Å². The van der Waals surface area contributed by atoms with E-state index >= 15 is 0 Å². The van der Waals surface area contributed by atoms with Crippen LogP contribution in [0, 0.1) is 13.8 Å². The second-order valence-electron chi connectivity index (χ2n) is 23.5. The highest BCUT2D eigenvalue weighted by atomic mass is 14.9. The van der Waals surface area contributed by atoms with Gasteiger partial charge in [-0.05, 0) is 210 Å². The van der Waals surface area contributed by atoms with Crippen LogP contribution in [0.5, 0.6) is 0 Å². The molecule has 0 N–H and O–H groups in total. The van der Waals surface area contributed by atoms with Gasteiger partial charge < -0.3 is 8.80 Å². The van der Waals surface area contributed by atoms with Gasteiger partial charge in [0.05, 0.1) is 33.1 Å². The van der Waals surface area contributed by atoms with Gasteiger partial charge in [0.15, 0.2) is 0 Å². The molecule has 368 valence electrons. The van der Waals surface area contributed by atoms with E-state index in [1.165, 1.54) is 175 Å². The van der Waals surface area contributed by atoms with Gasteiger partial charge in [-0.1, -0.05) is 156 Å². The third-order valence-electron chi connectivity index (χ3n) is 18.0. The van der Waals surface area contributed by atoms with Gasteiger partial charge in [-0.3, -0.25) is 0 Å². The number of rotatable bonds is 7. The van der Waals surface area contributed by atoms with Gasteiger partial charge in [0, 0.05) is 43.1 Å². The minimum atomic E-state index is 0.296. The van der Waals surface area contributed by atoms with Gasteiger partial charge in [0.1, 0.15) is 0 Å². The van der Waals surface area contributed by atoms with Crippen LogP contribution in [-0.4, -0.2) is 8.80 Å². The fourth-order valence-corrected chi connectivity index (χ4v) is 14.4. The Bertz CT molecular complexity index is 5030. The van der Waals surface area contributed by atoms with Gasteiger partial charge in [-0.15, -0.1) is 0 Å². The molecule has 0 radical (unpaired) electrons. The molecule has 1 atom stereocenters. The zero-order valence-corrected chi connectivity index (χ0v) is 44.8. The summed E-state index contributed by atoms with van der Waals surface area (Å²) in [6.45, 7) is 16.3. The second-order valence-corrected chi connectivity index (χ2v) is 23.5. The molecule has 16 aromatic rings. The molecule has 2 nitrogen and oxygen atoms in total. The molecule has 16 rings (SSSR count). The molecule has 2 heteroatoms. The number of nitrogens with zero attached hydrogens (tertiary/aromatic N) is 2. The zero-order valence-electron chi connectivity index (χ0n) is 44.8. The van der Waals surface area contributed by atoms with Crippen molar-refractivity contribution < 1.29 is 0 Å². The first-order valence-corrected chi connectivity index (χ1v) is 27.9. The summed E-state index contributed by atoms with van der Waals surface area (Å²) in [6, 6.07) is 75.4. The monoisotopic (exact) mass is 986 g/mol. The van der Waals surface area contributed by atoms with E-state index in [1.807, 2.05) is 0 Å². The second kappa shape index (κ2) is 16.2. The molecular formula is C75H58N2. The van der Waals surface area contributed by atoms with E-state index in [4.69, 9.17) is 0 Å². The molecule has 0 aliphatic rings. The molecular weight excluding hydrogens is 929 g/mol. The van der Waals surface area contributed by atoms with Gasteiger partial charge in [-0.2, -0.15) is 0 Å². The Balaban J connectivity index is 0.829. The van der Waals surface area contributed by atoms with Gasteiger partial charge in [-0.25, -0.2) is 0 Å². The first kappa shape index (κ1) is 44.6. The average Bonchev–Trinajstić information content (AvgIpc) is 4.32. The van der Waals surface area contributed by atoms with Crippen molar-refractivity contribution in [1.29, 1.82) is 0 Å². The molecule has 4 heterocycles. The van der Waals surface area contributed by atoms with Crippen molar-refractivity contribution in [3.05, 3.63) is 228 Å². The highest BCUT2D eigenvalue weighted by Gasteiger charge is 2.24. The average molecular weight is 987 g/mol. The highest BCUT2D eigenvalue weighted by molar-refractivity contribution is 6.28. The van der Waals surface area contributed by atoms with Crippen LogP contribution in [0.1, 0.15) is 85.8 Å². The van der Waals surface area contributed by atoms with Gasteiger partial charge in [0.25, 0.3) is 0 Å². The minimum Gasteiger partial charge on any atom is -0.308 e. The summed E-state index contributed by atoms with van der Waals surface area (Å²) < 4.78 is 5.11. The smallest absolute Gasteiger partial charge is 0.0620 e. The van der Waals surface area contributed by atoms with Crippen LogP contribution in [0.4, 0.5) is 0 Å². The molecule has 0 saturated carbocycles. The van der Waals surface area contributed by atoms with Crippen molar-refractivity contribution >= 4 is 119 Å². The van der Waals surface area contributed by atoms with Crippen LogP contribution in [0.3, 0.4) is 0 Å². The Hall–Kier alpha value is -8.72. The Morgan fingerprint density at radius 2 is 0.675 bits per heavy atom. The van der Waals surface area contributed by atoms with E-state index in [2.05, 4.69) is 251 Å². The van der Waals surface area contributed by atoms with Crippen LogP contribution in [-0.2, 0) is 6.42 Å². The Morgan fingerprint density at radius 3 is 1.09 bits per heavy atom. The van der Waals surface area contributed by atoms with Crippen molar-refractivity contribution in [2.45, 2.75) is 72.6 Å². The molecule has 0 spiro atoms. The summed E-state index contributed by atoms with van der Waals surface area (Å²) in [4.78, 5) is 0. The summed E-state index contributed by atoms with van der Waals surface area (Å²) in [5.74, 6) is 1.17. The van der Waals surface area contributed by atoms with Crippen molar-refractivity contribution in [1.82, 2.24) is 8.80 Å². The highest BCUT2D eigenvalue weighted by Crippen LogP contribution is 2.47. The molecule has 0 aliphatic heterocycles. The molecule has 77 heavy (non-hydrogen) atoms. The summed E-state index contributed by atoms with van der Waals surface area (Å²) in [5, 5.41) is 20.7. The predicted molar refractivity (Wildman–Crippen MR) is 333 cm³/mol. The van der Waals surface area contributed by atoms with Gasteiger partial charge in [0.2, 0.25) is 0 Å². The van der Waals surface area contributed by atoms with Crippen LogP contribution >= 0.6 is 0 Å². The van der Waals surface area contributed by atoms with Crippen LogP contribution < -0.4 is 0 Å². The lowest BCUT2D eigenvalue weighted by Gasteiger charge is -2.18. The molecule has 0 saturated heterocycles. The van der Waals surface area contributed by atoms with Crippen molar-refractivity contribution in [2.24, 2.45) is 0 Å². The zero-order chi connectivity index (χ0) is 51.7. The SMILES string of the molecule is Cc1cc(-c2cc3c4cc5ccccc5cc4n4c5cc6cc(CC(C)c7cc(-c8cc9c%10cc%11ccccc%11cc%10n%10c%11cc%12ccccc%12cc%11c(c8)c9%10)cc(C(C)C)c7)ccc6cc5c(c2)c34)cc(C)c1C(C)C. The lowest BCUT2D eigenvalue weighted by molar-refractivity contribution is 0.754. The number of hydrogen-bond donors (Lipinski definition) is 0. The standard InChI is InChI=1S/C75H58N2/c1-41(2)54-26-55(28-58(27-54)60-35-67-62-30-48-15-8-11-17-50(48)37-69(62)76-70-38-51-18-12-9-16-49(51)31-63(70)68(36-60)74(67)76)43(5)22-46-20-21-53-32-64-66-34-59(56-23-44(6)73(42(3)4)45(7)24-56)33-65-61-29-47-14-10-13-19-52(47)39-71(61)77(75(65)66)72(64)40-57(53)25-46/h8-21,23-43H,22H2,1-7H3. The lowest BCUT2D eigenvalue weighted by Crippen LogP contribution is -2.01. The van der Waals surface area contributed by atoms with Crippen LogP contribution in [0.2, 0.25) is 0 Å². The van der Waals surface area contributed by atoms with E-state index < -0.39 is 0 Å². The molecule has 4 aromatic heterocycles. The topological polar surface area (TPSA) is 8.82 Å². The number of benzene rings is 12. The number of aryl methyl sites for hydroxylation is 2. The Labute approximate surface area is 448 Å². The number of hydrogen-bond acceptors (Lipinski definition) is 0. The normalized spacial score (nSPS) is 13.1. The maximum Gasteiger partial charge on any atom is 0.0620 e. The van der Waals surface area contributed by atoms with E-state index in [0.29, 0.717) is 17.8 Å².